The molecular weight excluding hydrogens is 242 g/mol. The number of rotatable bonds is 4. The highest BCUT2D eigenvalue weighted by molar-refractivity contribution is 7.09. The van der Waals surface area contributed by atoms with E-state index < -0.39 is 0 Å². The van der Waals surface area contributed by atoms with Crippen LogP contribution in [0, 0.1) is 0 Å². The lowest BCUT2D eigenvalue weighted by molar-refractivity contribution is 0.601. The number of likely N-dealkylation sites (N-methyl/N-ethyl adjacent to an activating group) is 1. The van der Waals surface area contributed by atoms with Crippen molar-refractivity contribution in [3.8, 4) is 0 Å². The van der Waals surface area contributed by atoms with E-state index in [1.165, 1.54) is 4.88 Å². The highest BCUT2D eigenvalue weighted by Crippen LogP contribution is 2.24. The number of nitrogens with zero attached hydrogens (tertiary/aromatic N) is 2. The SMILES string of the molecule is CNC(Cc1ccncc1Cl)c1cncs1. The third-order valence-corrected chi connectivity index (χ3v) is 3.65. The second-order valence-corrected chi connectivity index (χ2v) is 4.74. The number of aromatic nitrogens is 2. The summed E-state index contributed by atoms with van der Waals surface area (Å²) in [6, 6.07) is 2.21. The van der Waals surface area contributed by atoms with Gasteiger partial charge < -0.3 is 5.32 Å². The second-order valence-electron chi connectivity index (χ2n) is 3.42. The predicted molar refractivity (Wildman–Crippen MR) is 66.9 cm³/mol. The maximum absolute atomic E-state index is 6.08. The van der Waals surface area contributed by atoms with Gasteiger partial charge in [-0.2, -0.15) is 0 Å². The van der Waals surface area contributed by atoms with Gasteiger partial charge in [0.25, 0.3) is 0 Å². The van der Waals surface area contributed by atoms with E-state index in [-0.39, 0.29) is 6.04 Å². The molecule has 0 amide bonds. The summed E-state index contributed by atoms with van der Waals surface area (Å²) in [6.45, 7) is 0. The largest absolute Gasteiger partial charge is 0.312 e. The number of halogens is 1. The summed E-state index contributed by atoms with van der Waals surface area (Å²) in [5, 5.41) is 3.99. The molecule has 1 unspecified atom stereocenters. The molecule has 0 aromatic carbocycles. The quantitative estimate of drug-likeness (QED) is 0.911. The molecule has 0 fully saturated rings. The van der Waals surface area contributed by atoms with Crippen molar-refractivity contribution in [3.63, 3.8) is 0 Å². The molecule has 3 nitrogen and oxygen atoms in total. The number of hydrogen-bond donors (Lipinski definition) is 1. The summed E-state index contributed by atoms with van der Waals surface area (Å²) in [6.07, 6.45) is 6.18. The van der Waals surface area contributed by atoms with Crippen LogP contribution >= 0.6 is 22.9 Å². The van der Waals surface area contributed by atoms with Gasteiger partial charge in [-0.15, -0.1) is 11.3 Å². The first kappa shape index (κ1) is 11.5. The van der Waals surface area contributed by atoms with Crippen molar-refractivity contribution >= 4 is 22.9 Å². The average molecular weight is 254 g/mol. The molecule has 0 saturated heterocycles. The minimum absolute atomic E-state index is 0.257. The molecule has 0 spiro atoms. The molecule has 0 aliphatic heterocycles. The molecule has 2 rings (SSSR count). The van der Waals surface area contributed by atoms with E-state index in [1.54, 1.807) is 23.7 Å². The zero-order chi connectivity index (χ0) is 11.4. The minimum Gasteiger partial charge on any atom is -0.312 e. The Morgan fingerprint density at radius 2 is 2.31 bits per heavy atom. The topological polar surface area (TPSA) is 37.8 Å². The van der Waals surface area contributed by atoms with E-state index >= 15 is 0 Å². The molecule has 0 radical (unpaired) electrons. The van der Waals surface area contributed by atoms with Crippen LogP contribution in [0.3, 0.4) is 0 Å². The second kappa shape index (κ2) is 5.39. The summed E-state index contributed by atoms with van der Waals surface area (Å²) >= 11 is 7.73. The van der Waals surface area contributed by atoms with E-state index in [0.717, 1.165) is 12.0 Å². The Labute approximate surface area is 104 Å². The lowest BCUT2D eigenvalue weighted by atomic mass is 10.1. The Morgan fingerprint density at radius 1 is 1.44 bits per heavy atom. The summed E-state index contributed by atoms with van der Waals surface area (Å²) in [7, 11) is 1.94. The first-order valence-electron chi connectivity index (χ1n) is 4.95. The van der Waals surface area contributed by atoms with Crippen LogP contribution in [-0.2, 0) is 6.42 Å². The first-order valence-corrected chi connectivity index (χ1v) is 6.21. The summed E-state index contributed by atoms with van der Waals surface area (Å²) in [5.41, 5.74) is 2.94. The number of thiazole rings is 1. The molecular formula is C11H12ClN3S. The van der Waals surface area contributed by atoms with Gasteiger partial charge in [0.05, 0.1) is 10.5 Å². The van der Waals surface area contributed by atoms with E-state index in [0.29, 0.717) is 5.02 Å². The summed E-state index contributed by atoms with van der Waals surface area (Å²) in [5.74, 6) is 0. The van der Waals surface area contributed by atoms with Gasteiger partial charge in [-0.1, -0.05) is 11.6 Å². The van der Waals surface area contributed by atoms with Crippen molar-refractivity contribution in [1.82, 2.24) is 15.3 Å². The van der Waals surface area contributed by atoms with Gasteiger partial charge >= 0.3 is 0 Å². The van der Waals surface area contributed by atoms with Crippen LogP contribution in [0.2, 0.25) is 5.02 Å². The van der Waals surface area contributed by atoms with Crippen molar-refractivity contribution in [1.29, 1.82) is 0 Å². The Kier molecular flexibility index (Phi) is 3.88. The van der Waals surface area contributed by atoms with Gasteiger partial charge in [0, 0.05) is 29.5 Å². The monoisotopic (exact) mass is 253 g/mol. The van der Waals surface area contributed by atoms with E-state index in [2.05, 4.69) is 15.3 Å². The predicted octanol–water partition coefficient (Wildman–Crippen LogP) is 2.69. The molecule has 2 heterocycles. The Hall–Kier alpha value is -0.970. The maximum Gasteiger partial charge on any atom is 0.0794 e. The minimum atomic E-state index is 0.257. The molecule has 5 heteroatoms. The molecule has 0 bridgehead atoms. The van der Waals surface area contributed by atoms with Crippen LogP contribution in [0.4, 0.5) is 0 Å². The summed E-state index contributed by atoms with van der Waals surface area (Å²) in [4.78, 5) is 9.28. The lowest BCUT2D eigenvalue weighted by Gasteiger charge is -2.14. The van der Waals surface area contributed by atoms with Gasteiger partial charge in [0.2, 0.25) is 0 Å². The van der Waals surface area contributed by atoms with E-state index in [9.17, 15) is 0 Å². The van der Waals surface area contributed by atoms with E-state index in [1.807, 2.05) is 24.8 Å². The van der Waals surface area contributed by atoms with Crippen LogP contribution in [0.5, 0.6) is 0 Å². The molecule has 16 heavy (non-hydrogen) atoms. The third-order valence-electron chi connectivity index (χ3n) is 2.42. The number of nitrogens with one attached hydrogen (secondary N) is 1. The lowest BCUT2D eigenvalue weighted by Crippen LogP contribution is -2.17. The molecule has 0 saturated carbocycles. The molecule has 84 valence electrons. The highest BCUT2D eigenvalue weighted by atomic mass is 35.5. The normalized spacial score (nSPS) is 12.6. The van der Waals surface area contributed by atoms with Crippen LogP contribution in [0.25, 0.3) is 0 Å². The first-order chi connectivity index (χ1) is 7.81. The molecule has 0 aliphatic rings. The maximum atomic E-state index is 6.08. The van der Waals surface area contributed by atoms with Crippen molar-refractivity contribution in [2.45, 2.75) is 12.5 Å². The zero-order valence-electron chi connectivity index (χ0n) is 8.85. The molecule has 2 aromatic heterocycles. The fourth-order valence-corrected chi connectivity index (χ4v) is 2.46. The Bertz CT molecular complexity index is 444. The summed E-state index contributed by atoms with van der Waals surface area (Å²) < 4.78 is 0. The van der Waals surface area contributed by atoms with Crippen molar-refractivity contribution in [2.24, 2.45) is 0 Å². The molecule has 1 atom stereocenters. The van der Waals surface area contributed by atoms with Crippen molar-refractivity contribution in [3.05, 3.63) is 45.6 Å². The van der Waals surface area contributed by atoms with Crippen LogP contribution in [-0.4, -0.2) is 17.0 Å². The van der Waals surface area contributed by atoms with Gasteiger partial charge in [-0.3, -0.25) is 9.97 Å². The van der Waals surface area contributed by atoms with E-state index in [4.69, 9.17) is 11.6 Å². The zero-order valence-corrected chi connectivity index (χ0v) is 10.4. The highest BCUT2D eigenvalue weighted by Gasteiger charge is 2.13. The third kappa shape index (κ3) is 2.58. The van der Waals surface area contributed by atoms with Crippen molar-refractivity contribution in [2.75, 3.05) is 7.05 Å². The number of hydrogen-bond acceptors (Lipinski definition) is 4. The van der Waals surface area contributed by atoms with Gasteiger partial charge in [0.15, 0.2) is 0 Å². The van der Waals surface area contributed by atoms with Gasteiger partial charge in [0.1, 0.15) is 0 Å². The Morgan fingerprint density at radius 3 is 2.94 bits per heavy atom. The van der Waals surface area contributed by atoms with Gasteiger partial charge in [-0.05, 0) is 25.1 Å². The average Bonchev–Trinajstić information content (AvgIpc) is 2.81. The molecule has 0 aliphatic carbocycles. The molecule has 2 aromatic rings. The molecule has 1 N–H and O–H groups in total. The van der Waals surface area contributed by atoms with Crippen LogP contribution in [0.15, 0.2) is 30.2 Å². The fraction of sp³-hybridized carbons (Fsp3) is 0.273. The van der Waals surface area contributed by atoms with Gasteiger partial charge in [-0.25, -0.2) is 0 Å². The smallest absolute Gasteiger partial charge is 0.0794 e. The fourth-order valence-electron chi connectivity index (χ4n) is 1.53. The number of pyridine rings is 1. The Balaban J connectivity index is 2.17. The van der Waals surface area contributed by atoms with Crippen LogP contribution in [0.1, 0.15) is 16.5 Å². The van der Waals surface area contributed by atoms with Crippen LogP contribution < -0.4 is 5.32 Å². The standard InChI is InChI=1S/C11H12ClN3S/c1-13-10(11-6-15-7-16-11)4-8-2-3-14-5-9(8)12/h2-3,5-7,10,13H,4H2,1H3. The van der Waals surface area contributed by atoms with Crippen molar-refractivity contribution < 1.29 is 0 Å².